The quantitative estimate of drug-likeness (QED) is 0.240. The monoisotopic (exact) mass is 628 g/mol. The van der Waals surface area contributed by atoms with Crippen molar-refractivity contribution in [3.05, 3.63) is 145 Å². The number of amides is 1. The van der Waals surface area contributed by atoms with Crippen molar-refractivity contribution in [3.8, 4) is 22.9 Å². The van der Waals surface area contributed by atoms with Crippen LogP contribution in [0.5, 0.6) is 17.2 Å². The van der Waals surface area contributed by atoms with E-state index in [0.29, 0.717) is 13.1 Å². The predicted octanol–water partition coefficient (Wildman–Crippen LogP) is 5.95. The van der Waals surface area contributed by atoms with Crippen LogP contribution in [-0.4, -0.2) is 43.8 Å². The zero-order chi connectivity index (χ0) is 30.8. The van der Waals surface area contributed by atoms with Gasteiger partial charge in [0.1, 0.15) is 17.7 Å². The number of piperidine rings is 1. The summed E-state index contributed by atoms with van der Waals surface area (Å²) >= 11 is 12.9. The van der Waals surface area contributed by atoms with Gasteiger partial charge in [0.15, 0.2) is 5.75 Å². The standard InChI is InChI=1S/C33H26Cl2N4O5/c34-26-16-23(39-32(43)37-29(41)19-36-39)17-27(35)30(26)44-24-12-13-28(40)25(18-24)31(42)38-15-7-14-33(20-38,21-8-3-1-4-9-21)22-10-5-2-6-11-22/h1-6,8-13,16-19,40H,7,14-15,20H2,(H,37,41,43). The number of carbonyl (C=O) groups excluding carboxylic acids is 1. The van der Waals surface area contributed by atoms with Crippen LogP contribution in [0, 0.1) is 0 Å². The summed E-state index contributed by atoms with van der Waals surface area (Å²) in [5, 5.41) is 14.7. The van der Waals surface area contributed by atoms with Gasteiger partial charge in [-0.3, -0.25) is 14.6 Å². The minimum Gasteiger partial charge on any atom is -0.507 e. The van der Waals surface area contributed by atoms with Gasteiger partial charge < -0.3 is 14.7 Å². The summed E-state index contributed by atoms with van der Waals surface area (Å²) in [7, 11) is 0. The van der Waals surface area contributed by atoms with E-state index in [-0.39, 0.29) is 44.5 Å². The molecule has 0 spiro atoms. The molecule has 4 aromatic carbocycles. The molecule has 0 unspecified atom stereocenters. The molecule has 0 bridgehead atoms. The fourth-order valence-corrected chi connectivity index (χ4v) is 6.28. The normalized spacial score (nSPS) is 14.3. The average Bonchev–Trinajstić information content (AvgIpc) is 3.04. The first-order valence-corrected chi connectivity index (χ1v) is 14.6. The lowest BCUT2D eigenvalue weighted by Crippen LogP contribution is -2.49. The second kappa shape index (κ2) is 12.0. The van der Waals surface area contributed by atoms with Crippen LogP contribution in [0.2, 0.25) is 10.0 Å². The second-order valence-corrected chi connectivity index (χ2v) is 11.3. The molecule has 0 aliphatic carbocycles. The van der Waals surface area contributed by atoms with Crippen LogP contribution in [0.15, 0.2) is 107 Å². The van der Waals surface area contributed by atoms with Gasteiger partial charge in [0.25, 0.3) is 11.5 Å². The smallest absolute Gasteiger partial charge is 0.349 e. The fraction of sp³-hybridized carbons (Fsp3) is 0.152. The van der Waals surface area contributed by atoms with Gasteiger partial charge in [0.05, 0.1) is 21.3 Å². The number of halogens is 2. The molecule has 0 atom stereocenters. The van der Waals surface area contributed by atoms with E-state index in [1.54, 1.807) is 4.90 Å². The van der Waals surface area contributed by atoms with E-state index >= 15 is 0 Å². The van der Waals surface area contributed by atoms with Gasteiger partial charge in [-0.15, -0.1) is 0 Å². The minimum absolute atomic E-state index is 0.0555. The van der Waals surface area contributed by atoms with Crippen molar-refractivity contribution in [2.45, 2.75) is 18.3 Å². The number of aromatic nitrogens is 3. The molecule has 222 valence electrons. The van der Waals surface area contributed by atoms with E-state index in [2.05, 4.69) is 34.3 Å². The average molecular weight is 630 g/mol. The molecule has 1 fully saturated rings. The Bertz CT molecular complexity index is 1900. The third-order valence-electron chi connectivity index (χ3n) is 7.79. The SMILES string of the molecule is O=C(c1cc(Oc2c(Cl)cc(-n3ncc(=O)[nH]c3=O)cc2Cl)ccc1O)N1CCCC(c2ccccc2)(c2ccccc2)C1. The number of benzene rings is 4. The number of aromatic amines is 1. The Kier molecular flexibility index (Phi) is 7.99. The van der Waals surface area contributed by atoms with Crippen LogP contribution in [0.25, 0.3) is 5.69 Å². The number of nitrogens with one attached hydrogen (secondary N) is 1. The number of ether oxygens (including phenoxy) is 1. The van der Waals surface area contributed by atoms with E-state index in [4.69, 9.17) is 27.9 Å². The number of nitrogens with zero attached hydrogens (tertiary/aromatic N) is 3. The van der Waals surface area contributed by atoms with Gasteiger partial charge in [-0.2, -0.15) is 9.78 Å². The molecular weight excluding hydrogens is 603 g/mol. The number of aromatic hydroxyl groups is 1. The molecule has 1 amide bonds. The van der Waals surface area contributed by atoms with Crippen molar-refractivity contribution in [2.75, 3.05) is 13.1 Å². The number of hydrogen-bond acceptors (Lipinski definition) is 6. The van der Waals surface area contributed by atoms with Crippen LogP contribution < -0.4 is 16.0 Å². The lowest BCUT2D eigenvalue weighted by atomic mass is 9.69. The number of carbonyl (C=O) groups is 1. The molecule has 1 aliphatic rings. The van der Waals surface area contributed by atoms with E-state index in [9.17, 15) is 19.5 Å². The van der Waals surface area contributed by atoms with Crippen molar-refractivity contribution < 1.29 is 14.6 Å². The highest BCUT2D eigenvalue weighted by molar-refractivity contribution is 6.37. The Morgan fingerprint density at radius 1 is 0.909 bits per heavy atom. The highest BCUT2D eigenvalue weighted by atomic mass is 35.5. The van der Waals surface area contributed by atoms with Gasteiger partial charge in [0, 0.05) is 18.5 Å². The Hall–Kier alpha value is -4.86. The summed E-state index contributed by atoms with van der Waals surface area (Å²) in [5.41, 5.74) is 0.714. The number of rotatable bonds is 6. The lowest BCUT2D eigenvalue weighted by Gasteiger charge is -2.44. The number of hydrogen-bond donors (Lipinski definition) is 2. The largest absolute Gasteiger partial charge is 0.507 e. The van der Waals surface area contributed by atoms with E-state index in [0.717, 1.165) is 34.8 Å². The van der Waals surface area contributed by atoms with Crippen molar-refractivity contribution in [3.63, 3.8) is 0 Å². The Balaban J connectivity index is 1.30. The van der Waals surface area contributed by atoms with Gasteiger partial charge in [0.2, 0.25) is 0 Å². The molecule has 2 heterocycles. The summed E-state index contributed by atoms with van der Waals surface area (Å²) in [6.07, 6.45) is 2.60. The van der Waals surface area contributed by atoms with Crippen LogP contribution in [0.1, 0.15) is 34.3 Å². The molecule has 2 N–H and O–H groups in total. The minimum atomic E-state index is -0.763. The van der Waals surface area contributed by atoms with Crippen molar-refractivity contribution in [1.82, 2.24) is 19.7 Å². The van der Waals surface area contributed by atoms with Crippen LogP contribution in [0.4, 0.5) is 0 Å². The predicted molar refractivity (Wildman–Crippen MR) is 167 cm³/mol. The maximum atomic E-state index is 14.0. The molecule has 0 saturated carbocycles. The first kappa shape index (κ1) is 29.2. The summed E-state index contributed by atoms with van der Waals surface area (Å²) < 4.78 is 6.92. The second-order valence-electron chi connectivity index (χ2n) is 10.5. The van der Waals surface area contributed by atoms with Crippen molar-refractivity contribution in [2.24, 2.45) is 0 Å². The Morgan fingerprint density at radius 2 is 1.55 bits per heavy atom. The van der Waals surface area contributed by atoms with E-state index in [1.807, 2.05) is 36.4 Å². The molecule has 44 heavy (non-hydrogen) atoms. The maximum absolute atomic E-state index is 14.0. The summed E-state index contributed by atoms with van der Waals surface area (Å²) in [6.45, 7) is 0.962. The molecule has 6 rings (SSSR count). The third kappa shape index (κ3) is 5.59. The molecule has 0 radical (unpaired) electrons. The van der Waals surface area contributed by atoms with Gasteiger partial charge in [-0.05, 0) is 54.3 Å². The molecule has 5 aromatic rings. The summed E-state index contributed by atoms with van der Waals surface area (Å²) in [6, 6.07) is 27.5. The lowest BCUT2D eigenvalue weighted by molar-refractivity contribution is 0.0663. The number of H-pyrrole nitrogens is 1. The van der Waals surface area contributed by atoms with Crippen LogP contribution in [0.3, 0.4) is 0 Å². The molecule has 1 aromatic heterocycles. The van der Waals surface area contributed by atoms with Crippen molar-refractivity contribution >= 4 is 29.1 Å². The topological polar surface area (TPSA) is 118 Å². The molecule has 1 saturated heterocycles. The zero-order valence-electron chi connectivity index (χ0n) is 23.2. The molecule has 1 aliphatic heterocycles. The van der Waals surface area contributed by atoms with Gasteiger partial charge >= 0.3 is 5.69 Å². The third-order valence-corrected chi connectivity index (χ3v) is 8.35. The summed E-state index contributed by atoms with van der Waals surface area (Å²) in [5.74, 6) is -0.228. The zero-order valence-corrected chi connectivity index (χ0v) is 24.8. The highest BCUT2D eigenvalue weighted by Gasteiger charge is 2.40. The molecular formula is C33H26Cl2N4O5. The summed E-state index contributed by atoms with van der Waals surface area (Å²) in [4.78, 5) is 41.4. The van der Waals surface area contributed by atoms with E-state index in [1.165, 1.54) is 30.3 Å². The maximum Gasteiger partial charge on any atom is 0.349 e. The first-order chi connectivity index (χ1) is 21.2. The highest BCUT2D eigenvalue weighted by Crippen LogP contribution is 2.42. The van der Waals surface area contributed by atoms with E-state index < -0.39 is 16.7 Å². The van der Waals surface area contributed by atoms with Gasteiger partial charge in [-0.1, -0.05) is 83.9 Å². The number of phenols is 1. The molecule has 9 nitrogen and oxygen atoms in total. The van der Waals surface area contributed by atoms with Gasteiger partial charge in [-0.25, -0.2) is 4.79 Å². The van der Waals surface area contributed by atoms with Crippen molar-refractivity contribution in [1.29, 1.82) is 0 Å². The molecule has 11 heteroatoms. The number of phenolic OH excluding ortho intramolecular Hbond substituents is 1. The number of likely N-dealkylation sites (tertiary alicyclic amines) is 1. The van der Waals surface area contributed by atoms with Crippen LogP contribution >= 0.6 is 23.2 Å². The van der Waals surface area contributed by atoms with Crippen LogP contribution in [-0.2, 0) is 5.41 Å². The first-order valence-electron chi connectivity index (χ1n) is 13.8. The Labute approximate surface area is 261 Å². The fourth-order valence-electron chi connectivity index (χ4n) is 5.72. The Morgan fingerprint density at radius 3 is 2.16 bits per heavy atom.